The van der Waals surface area contributed by atoms with Crippen LogP contribution < -0.4 is 20.1 Å². The van der Waals surface area contributed by atoms with Gasteiger partial charge in [0.2, 0.25) is 11.8 Å². The van der Waals surface area contributed by atoms with Gasteiger partial charge in [-0.05, 0) is 63.1 Å². The molecule has 12 heteroatoms. The third-order valence-electron chi connectivity index (χ3n) is 7.80. The number of carbonyl (C=O) groups is 2. The molecule has 4 aromatic rings. The van der Waals surface area contributed by atoms with Crippen LogP contribution in [0.2, 0.25) is 0 Å². The van der Waals surface area contributed by atoms with E-state index in [9.17, 15) is 14.4 Å². The van der Waals surface area contributed by atoms with Crippen LogP contribution >= 0.6 is 24.8 Å². The standard InChI is InChI=1S/C32H37N5O5.2ClH/c1-5-37-26-10-9-24(20-27(26)34(4)30(39)32(2,3)31(37)40)41-18-7-14-35(22-23-8-6-13-33-21-23)16-17-36-15-11-28-25(29(36)38)12-19-42-28;;/h6,8-13,15,19-21H,5,7,14,16-18,22H2,1-4H3;2*1H. The van der Waals surface area contributed by atoms with Gasteiger partial charge in [-0.3, -0.25) is 24.3 Å². The second-order valence-corrected chi connectivity index (χ2v) is 11.0. The molecule has 0 atom stereocenters. The second kappa shape index (κ2) is 14.7. The number of rotatable bonds is 11. The Bertz CT molecular complexity index is 1640. The van der Waals surface area contributed by atoms with Gasteiger partial charge in [0.25, 0.3) is 5.56 Å². The fourth-order valence-electron chi connectivity index (χ4n) is 5.40. The molecule has 0 fully saturated rings. The number of halogens is 2. The molecule has 44 heavy (non-hydrogen) atoms. The van der Waals surface area contributed by atoms with Crippen LogP contribution in [0.5, 0.6) is 5.75 Å². The number of fused-ring (bicyclic) bond motifs is 2. The van der Waals surface area contributed by atoms with Crippen molar-refractivity contribution in [3.05, 3.63) is 83.2 Å². The smallest absolute Gasteiger partial charge is 0.261 e. The SMILES string of the molecule is CCN1C(=O)C(C)(C)C(=O)N(C)c2cc(OCCCN(CCn3ccc4occc4c3=O)Cc3cccnc3)ccc21.Cl.Cl. The molecule has 0 N–H and O–H groups in total. The molecule has 0 saturated heterocycles. The lowest BCUT2D eigenvalue weighted by atomic mass is 9.90. The van der Waals surface area contributed by atoms with Crippen LogP contribution in [0.1, 0.15) is 32.8 Å². The van der Waals surface area contributed by atoms with Gasteiger partial charge in [-0.2, -0.15) is 0 Å². The average Bonchev–Trinajstić information content (AvgIpc) is 3.47. The van der Waals surface area contributed by atoms with Gasteiger partial charge in [0.05, 0.1) is 29.6 Å². The lowest BCUT2D eigenvalue weighted by Gasteiger charge is -2.27. The van der Waals surface area contributed by atoms with Gasteiger partial charge >= 0.3 is 0 Å². The van der Waals surface area contributed by atoms with Gasteiger partial charge < -0.3 is 23.5 Å². The summed E-state index contributed by atoms with van der Waals surface area (Å²) in [5, 5.41) is 0.577. The molecule has 0 bridgehead atoms. The molecule has 0 saturated carbocycles. The van der Waals surface area contributed by atoms with E-state index in [2.05, 4.69) is 9.88 Å². The number of ether oxygens (including phenoxy) is 1. The van der Waals surface area contributed by atoms with E-state index in [1.165, 1.54) is 6.26 Å². The van der Waals surface area contributed by atoms with E-state index >= 15 is 0 Å². The summed E-state index contributed by atoms with van der Waals surface area (Å²) in [5.74, 6) is 0.171. The number of hydrogen-bond acceptors (Lipinski definition) is 7. The van der Waals surface area contributed by atoms with E-state index in [-0.39, 0.29) is 42.2 Å². The van der Waals surface area contributed by atoms with Crippen LogP contribution in [-0.2, 0) is 22.7 Å². The first-order valence-corrected chi connectivity index (χ1v) is 14.3. The zero-order valence-electron chi connectivity index (χ0n) is 25.4. The highest BCUT2D eigenvalue weighted by atomic mass is 35.5. The van der Waals surface area contributed by atoms with Crippen LogP contribution in [0.25, 0.3) is 11.0 Å². The van der Waals surface area contributed by atoms with Gasteiger partial charge in [-0.25, -0.2) is 0 Å². The van der Waals surface area contributed by atoms with Gasteiger partial charge in [0.15, 0.2) is 0 Å². The van der Waals surface area contributed by atoms with Crippen LogP contribution in [0.15, 0.2) is 76.5 Å². The normalized spacial score (nSPS) is 14.2. The highest BCUT2D eigenvalue weighted by Crippen LogP contribution is 2.40. The van der Waals surface area contributed by atoms with Gasteiger partial charge in [0, 0.05) is 64.4 Å². The Kier molecular flexibility index (Phi) is 11.6. The predicted molar refractivity (Wildman–Crippen MR) is 176 cm³/mol. The molecule has 10 nitrogen and oxygen atoms in total. The van der Waals surface area contributed by atoms with Gasteiger partial charge in [0.1, 0.15) is 16.7 Å². The van der Waals surface area contributed by atoms with Crippen molar-refractivity contribution in [3.8, 4) is 5.75 Å². The number of pyridine rings is 2. The third kappa shape index (κ3) is 7.09. The minimum absolute atomic E-state index is 0. The average molecular weight is 645 g/mol. The summed E-state index contributed by atoms with van der Waals surface area (Å²) >= 11 is 0. The zero-order valence-corrected chi connectivity index (χ0v) is 27.0. The predicted octanol–water partition coefficient (Wildman–Crippen LogP) is 5.16. The maximum Gasteiger partial charge on any atom is 0.261 e. The monoisotopic (exact) mass is 643 g/mol. The van der Waals surface area contributed by atoms with Crippen LogP contribution in [-0.4, -0.2) is 59.6 Å². The van der Waals surface area contributed by atoms with Crippen molar-refractivity contribution < 1.29 is 18.7 Å². The fourth-order valence-corrected chi connectivity index (χ4v) is 5.40. The minimum atomic E-state index is -1.15. The van der Waals surface area contributed by atoms with E-state index in [1.807, 2.05) is 49.5 Å². The first kappa shape index (κ1) is 34.6. The Morgan fingerprint density at radius 3 is 2.52 bits per heavy atom. The molecule has 0 aliphatic carbocycles. The molecule has 1 aliphatic rings. The Hall–Kier alpha value is -3.86. The van der Waals surface area contributed by atoms with Crippen molar-refractivity contribution in [2.75, 3.05) is 43.1 Å². The van der Waals surface area contributed by atoms with Crippen molar-refractivity contribution in [2.24, 2.45) is 5.41 Å². The third-order valence-corrected chi connectivity index (χ3v) is 7.80. The molecule has 0 unspecified atom stereocenters. The summed E-state index contributed by atoms with van der Waals surface area (Å²) in [7, 11) is 1.70. The molecular weight excluding hydrogens is 605 g/mol. The van der Waals surface area contributed by atoms with Crippen molar-refractivity contribution in [2.45, 2.75) is 40.3 Å². The zero-order chi connectivity index (χ0) is 29.9. The van der Waals surface area contributed by atoms with Crippen molar-refractivity contribution in [3.63, 3.8) is 0 Å². The number of aromatic nitrogens is 2. The number of carbonyl (C=O) groups excluding carboxylic acids is 2. The van der Waals surface area contributed by atoms with Gasteiger partial charge in [-0.1, -0.05) is 6.07 Å². The minimum Gasteiger partial charge on any atom is -0.493 e. The van der Waals surface area contributed by atoms with Crippen molar-refractivity contribution in [1.29, 1.82) is 0 Å². The topological polar surface area (TPSA) is 101 Å². The Balaban J connectivity index is 0.00000264. The molecular formula is C32H39Cl2N5O5. The van der Waals surface area contributed by atoms with Crippen molar-refractivity contribution in [1.82, 2.24) is 14.5 Å². The van der Waals surface area contributed by atoms with Crippen LogP contribution in [0.4, 0.5) is 11.4 Å². The maximum atomic E-state index is 13.1. The lowest BCUT2D eigenvalue weighted by Crippen LogP contribution is -2.47. The number of furan rings is 1. The largest absolute Gasteiger partial charge is 0.493 e. The number of amides is 2. The molecule has 5 rings (SSSR count). The van der Waals surface area contributed by atoms with E-state index in [4.69, 9.17) is 9.15 Å². The fraction of sp³-hybridized carbons (Fsp3) is 0.375. The molecule has 1 aliphatic heterocycles. The Labute approximate surface area is 269 Å². The summed E-state index contributed by atoms with van der Waals surface area (Å²) < 4.78 is 13.2. The number of nitrogens with zero attached hydrogens (tertiary/aromatic N) is 5. The molecule has 2 amide bonds. The Morgan fingerprint density at radius 2 is 1.80 bits per heavy atom. The lowest BCUT2D eigenvalue weighted by molar-refractivity contribution is -0.137. The van der Waals surface area contributed by atoms with Crippen molar-refractivity contribution >= 4 is 59.0 Å². The first-order valence-electron chi connectivity index (χ1n) is 14.3. The molecule has 1 aromatic carbocycles. The number of anilines is 2. The number of benzene rings is 1. The molecule has 236 valence electrons. The Morgan fingerprint density at radius 1 is 1.00 bits per heavy atom. The molecule has 3 aromatic heterocycles. The molecule has 0 radical (unpaired) electrons. The first-order chi connectivity index (χ1) is 20.2. The maximum absolute atomic E-state index is 13.1. The van der Waals surface area contributed by atoms with Crippen LogP contribution in [0.3, 0.4) is 0 Å². The van der Waals surface area contributed by atoms with Gasteiger partial charge in [-0.15, -0.1) is 24.8 Å². The second-order valence-electron chi connectivity index (χ2n) is 11.0. The molecule has 0 spiro atoms. The summed E-state index contributed by atoms with van der Waals surface area (Å²) in [6.45, 7) is 8.81. The molecule has 4 heterocycles. The van der Waals surface area contributed by atoms with E-state index in [0.717, 1.165) is 18.5 Å². The highest BCUT2D eigenvalue weighted by Gasteiger charge is 2.45. The van der Waals surface area contributed by atoms with Crippen LogP contribution in [0, 0.1) is 5.41 Å². The highest BCUT2D eigenvalue weighted by molar-refractivity contribution is 6.20. The summed E-state index contributed by atoms with van der Waals surface area (Å²) in [5.41, 5.74) is 1.81. The summed E-state index contributed by atoms with van der Waals surface area (Å²) in [6.07, 6.45) is 7.66. The van der Waals surface area contributed by atoms with E-state index < -0.39 is 5.41 Å². The quantitative estimate of drug-likeness (QED) is 0.164. The number of hydrogen-bond donors (Lipinski definition) is 0. The van der Waals surface area contributed by atoms with E-state index in [1.54, 1.807) is 53.7 Å². The summed E-state index contributed by atoms with van der Waals surface area (Å²) in [4.78, 5) is 48.8. The summed E-state index contributed by atoms with van der Waals surface area (Å²) in [6, 6.07) is 13.0. The van der Waals surface area contributed by atoms with E-state index in [0.29, 0.717) is 60.9 Å².